The van der Waals surface area contributed by atoms with Crippen molar-refractivity contribution >= 4 is 22.4 Å². The Kier molecular flexibility index (Phi) is 3.78. The summed E-state index contributed by atoms with van der Waals surface area (Å²) < 4.78 is 0. The van der Waals surface area contributed by atoms with Crippen molar-refractivity contribution < 1.29 is 9.90 Å². The molecule has 0 saturated heterocycles. The third-order valence-electron chi connectivity index (χ3n) is 2.53. The molecule has 0 aliphatic rings. The number of hydrogen-bond donors (Lipinski definition) is 2. The summed E-state index contributed by atoms with van der Waals surface area (Å²) >= 11 is 1.31. The van der Waals surface area contributed by atoms with E-state index in [0.717, 1.165) is 5.56 Å². The maximum atomic E-state index is 10.9. The maximum Gasteiger partial charge on any atom is 0.355 e. The molecule has 1 heterocycles. The van der Waals surface area contributed by atoms with Gasteiger partial charge in [0.05, 0.1) is 11.6 Å². The second-order valence-corrected chi connectivity index (χ2v) is 5.09. The molecule has 6 heteroatoms. The van der Waals surface area contributed by atoms with Crippen LogP contribution in [0.2, 0.25) is 0 Å². The van der Waals surface area contributed by atoms with Gasteiger partial charge in [-0.3, -0.25) is 0 Å². The molecule has 0 aliphatic carbocycles. The first-order chi connectivity index (χ1) is 9.10. The Hall–Kier alpha value is -2.39. The summed E-state index contributed by atoms with van der Waals surface area (Å²) in [5.74, 6) is -1.01. The van der Waals surface area contributed by atoms with Crippen LogP contribution < -0.4 is 5.32 Å². The van der Waals surface area contributed by atoms with E-state index in [9.17, 15) is 4.79 Å². The Bertz CT molecular complexity index is 641. The van der Waals surface area contributed by atoms with Crippen molar-refractivity contribution in [1.82, 2.24) is 4.98 Å². The largest absolute Gasteiger partial charge is 0.476 e. The highest BCUT2D eigenvalue weighted by atomic mass is 32.1. The summed E-state index contributed by atoms with van der Waals surface area (Å²) in [6.45, 7) is 2.27. The summed E-state index contributed by atoms with van der Waals surface area (Å²) in [4.78, 5) is 15.6. The van der Waals surface area contributed by atoms with Crippen LogP contribution in [0.4, 0.5) is 5.13 Å². The molecule has 1 aromatic heterocycles. The summed E-state index contributed by atoms with van der Waals surface area (Å²) in [6, 6.07) is 9.24. The van der Waals surface area contributed by atoms with E-state index >= 15 is 0 Å². The molecular formula is C13H11N3O2S. The molecule has 0 aliphatic heterocycles. The summed E-state index contributed by atoms with van der Waals surface area (Å²) in [7, 11) is 0. The van der Waals surface area contributed by atoms with Gasteiger partial charge in [-0.15, -0.1) is 11.3 Å². The zero-order chi connectivity index (χ0) is 13.8. The third-order valence-corrected chi connectivity index (χ3v) is 3.45. The molecular weight excluding hydrogens is 262 g/mol. The van der Waals surface area contributed by atoms with Crippen molar-refractivity contribution in [3.63, 3.8) is 0 Å². The van der Waals surface area contributed by atoms with Crippen LogP contribution in [0.3, 0.4) is 0 Å². The fourth-order valence-corrected chi connectivity index (χ4v) is 2.35. The van der Waals surface area contributed by atoms with Crippen molar-refractivity contribution in [3.8, 4) is 6.07 Å². The molecule has 1 aromatic carbocycles. The van der Waals surface area contributed by atoms with Gasteiger partial charge >= 0.3 is 5.97 Å². The number of nitrogens with zero attached hydrogens (tertiary/aromatic N) is 2. The lowest BCUT2D eigenvalue weighted by atomic mass is 10.1. The molecule has 19 heavy (non-hydrogen) atoms. The molecule has 0 radical (unpaired) electrons. The van der Waals surface area contributed by atoms with Crippen LogP contribution in [0.5, 0.6) is 0 Å². The molecule has 0 unspecified atom stereocenters. The molecule has 0 atom stereocenters. The molecule has 0 amide bonds. The van der Waals surface area contributed by atoms with Gasteiger partial charge in [-0.25, -0.2) is 9.78 Å². The number of carboxylic acids is 1. The lowest BCUT2D eigenvalue weighted by Crippen LogP contribution is -2.01. The molecule has 0 spiro atoms. The minimum absolute atomic E-state index is 0.0901. The van der Waals surface area contributed by atoms with E-state index < -0.39 is 5.97 Å². The molecule has 2 rings (SSSR count). The lowest BCUT2D eigenvalue weighted by Gasteiger charge is -2.02. The number of aromatic carboxylic acids is 1. The number of nitrogens with one attached hydrogen (secondary N) is 1. The molecule has 0 fully saturated rings. The van der Waals surface area contributed by atoms with E-state index in [2.05, 4.69) is 16.4 Å². The normalized spacial score (nSPS) is 9.89. The van der Waals surface area contributed by atoms with Crippen LogP contribution >= 0.6 is 11.3 Å². The lowest BCUT2D eigenvalue weighted by molar-refractivity contribution is 0.0690. The van der Waals surface area contributed by atoms with Gasteiger partial charge in [-0.05, 0) is 24.6 Å². The monoisotopic (exact) mass is 273 g/mol. The van der Waals surface area contributed by atoms with Crippen LogP contribution in [0, 0.1) is 18.3 Å². The Labute approximate surface area is 114 Å². The van der Waals surface area contributed by atoms with Gasteiger partial charge in [-0.2, -0.15) is 5.26 Å². The fraction of sp³-hybridized carbons (Fsp3) is 0.154. The molecule has 0 saturated carbocycles. The maximum absolute atomic E-state index is 10.9. The zero-order valence-corrected chi connectivity index (χ0v) is 11.0. The number of nitriles is 1. The predicted octanol–water partition coefficient (Wildman–Crippen LogP) is 2.63. The van der Waals surface area contributed by atoms with Crippen LogP contribution in [0.15, 0.2) is 24.3 Å². The first-order valence-electron chi connectivity index (χ1n) is 5.54. The molecule has 0 bridgehead atoms. The first-order valence-corrected chi connectivity index (χ1v) is 6.35. The summed E-state index contributed by atoms with van der Waals surface area (Å²) in [5, 5.41) is 21.3. The summed E-state index contributed by atoms with van der Waals surface area (Å²) in [5.41, 5.74) is 1.71. The number of rotatable bonds is 4. The van der Waals surface area contributed by atoms with Crippen LogP contribution in [0.25, 0.3) is 0 Å². The number of thiazole rings is 1. The fourth-order valence-electron chi connectivity index (χ4n) is 1.55. The predicted molar refractivity (Wildman–Crippen MR) is 72.3 cm³/mol. The second kappa shape index (κ2) is 5.50. The highest BCUT2D eigenvalue weighted by Gasteiger charge is 2.13. The number of carboxylic acid groups (broad SMARTS) is 1. The number of hydrogen-bond acceptors (Lipinski definition) is 5. The van der Waals surface area contributed by atoms with Gasteiger partial charge in [0.2, 0.25) is 0 Å². The van der Waals surface area contributed by atoms with E-state index in [1.165, 1.54) is 11.3 Å². The topological polar surface area (TPSA) is 86.0 Å². The van der Waals surface area contributed by atoms with Crippen molar-refractivity contribution in [1.29, 1.82) is 5.26 Å². The van der Waals surface area contributed by atoms with Gasteiger partial charge in [0, 0.05) is 11.4 Å². The van der Waals surface area contributed by atoms with Gasteiger partial charge in [0.1, 0.15) is 0 Å². The molecule has 2 N–H and O–H groups in total. The van der Waals surface area contributed by atoms with Gasteiger partial charge in [-0.1, -0.05) is 12.1 Å². The Morgan fingerprint density at radius 1 is 1.47 bits per heavy atom. The van der Waals surface area contributed by atoms with Crippen LogP contribution in [-0.4, -0.2) is 16.1 Å². The quantitative estimate of drug-likeness (QED) is 0.894. The smallest absolute Gasteiger partial charge is 0.355 e. The third kappa shape index (κ3) is 3.09. The molecule has 2 aromatic rings. The van der Waals surface area contributed by atoms with Crippen molar-refractivity contribution in [2.75, 3.05) is 5.32 Å². The number of aromatic nitrogens is 1. The second-order valence-electron chi connectivity index (χ2n) is 3.89. The summed E-state index contributed by atoms with van der Waals surface area (Å²) in [6.07, 6.45) is 0. The number of anilines is 1. The van der Waals surface area contributed by atoms with Crippen molar-refractivity contribution in [2.24, 2.45) is 0 Å². The van der Waals surface area contributed by atoms with E-state index in [1.54, 1.807) is 19.1 Å². The molecule has 5 nitrogen and oxygen atoms in total. The van der Waals surface area contributed by atoms with Gasteiger partial charge in [0.15, 0.2) is 10.8 Å². The Morgan fingerprint density at radius 2 is 2.16 bits per heavy atom. The van der Waals surface area contributed by atoms with Crippen LogP contribution in [-0.2, 0) is 6.54 Å². The Morgan fingerprint density at radius 3 is 2.68 bits per heavy atom. The highest BCUT2D eigenvalue weighted by Crippen LogP contribution is 2.22. The van der Waals surface area contributed by atoms with E-state index in [1.807, 2.05) is 12.1 Å². The van der Waals surface area contributed by atoms with E-state index in [4.69, 9.17) is 10.4 Å². The van der Waals surface area contributed by atoms with Gasteiger partial charge in [0.25, 0.3) is 0 Å². The van der Waals surface area contributed by atoms with Crippen LogP contribution in [0.1, 0.15) is 26.5 Å². The minimum Gasteiger partial charge on any atom is -0.476 e. The molecule has 96 valence electrons. The van der Waals surface area contributed by atoms with Crippen molar-refractivity contribution in [3.05, 3.63) is 46.0 Å². The number of benzene rings is 1. The Balaban J connectivity index is 2.04. The van der Waals surface area contributed by atoms with E-state index in [-0.39, 0.29) is 5.69 Å². The number of carbonyl (C=O) groups is 1. The SMILES string of the molecule is Cc1sc(NCc2ccc(C#N)cc2)nc1C(=O)O. The minimum atomic E-state index is -1.01. The first kappa shape index (κ1) is 13.1. The standard InChI is InChI=1S/C13H11N3O2S/c1-8-11(12(17)18)16-13(19-8)15-7-10-4-2-9(6-14)3-5-10/h2-5H,7H2,1H3,(H,15,16)(H,17,18). The highest BCUT2D eigenvalue weighted by molar-refractivity contribution is 7.15. The van der Waals surface area contributed by atoms with E-state index in [0.29, 0.717) is 22.1 Å². The number of aryl methyl sites for hydroxylation is 1. The van der Waals surface area contributed by atoms with Crippen molar-refractivity contribution in [2.45, 2.75) is 13.5 Å². The average Bonchev–Trinajstić information content (AvgIpc) is 2.78. The average molecular weight is 273 g/mol. The zero-order valence-electron chi connectivity index (χ0n) is 10.2. The van der Waals surface area contributed by atoms with Gasteiger partial charge < -0.3 is 10.4 Å².